The quantitative estimate of drug-likeness (QED) is 0.716. The Morgan fingerprint density at radius 2 is 1.96 bits per heavy atom. The summed E-state index contributed by atoms with van der Waals surface area (Å²) >= 11 is 5.90. The van der Waals surface area contributed by atoms with E-state index in [2.05, 4.69) is 14.9 Å². The van der Waals surface area contributed by atoms with Crippen LogP contribution in [0.15, 0.2) is 35.5 Å². The molecule has 1 atom stereocenters. The van der Waals surface area contributed by atoms with Crippen LogP contribution in [0.25, 0.3) is 0 Å². The van der Waals surface area contributed by atoms with Crippen molar-refractivity contribution in [3.63, 3.8) is 0 Å². The van der Waals surface area contributed by atoms with Gasteiger partial charge in [0.25, 0.3) is 0 Å². The van der Waals surface area contributed by atoms with Crippen LogP contribution in [0, 0.1) is 0 Å². The Hall–Kier alpha value is -1.54. The summed E-state index contributed by atoms with van der Waals surface area (Å²) < 4.78 is 23.3. The number of aromatic nitrogens is 2. The van der Waals surface area contributed by atoms with Crippen LogP contribution in [0.5, 0.6) is 0 Å². The maximum Gasteiger partial charge on any atom is 0.221 e. The molecule has 0 radical (unpaired) electrons. The Morgan fingerprint density at radius 1 is 1.24 bits per heavy atom. The molecule has 1 aliphatic heterocycles. The molecule has 0 bridgehead atoms. The maximum atomic E-state index is 12.8. The van der Waals surface area contributed by atoms with Crippen molar-refractivity contribution in [2.75, 3.05) is 38.3 Å². The molecule has 0 unspecified atom stereocenters. The van der Waals surface area contributed by atoms with Crippen LogP contribution < -0.4 is 4.90 Å². The number of hydrogen-bond acceptors (Lipinski definition) is 6. The van der Waals surface area contributed by atoms with Crippen molar-refractivity contribution in [3.05, 3.63) is 46.6 Å². The van der Waals surface area contributed by atoms with Gasteiger partial charge in [0, 0.05) is 31.3 Å². The summed E-state index contributed by atoms with van der Waals surface area (Å²) in [6, 6.07) is 9.19. The van der Waals surface area contributed by atoms with E-state index in [1.807, 2.05) is 18.2 Å². The summed E-state index contributed by atoms with van der Waals surface area (Å²) in [5, 5.41) is 0.980. The molecule has 1 aromatic carbocycles. The molecule has 0 N–H and O–H groups in total. The summed E-state index contributed by atoms with van der Waals surface area (Å²) in [6.45, 7) is 3.18. The predicted molar refractivity (Wildman–Crippen MR) is 97.3 cm³/mol. The lowest BCUT2D eigenvalue weighted by molar-refractivity contribution is 0.122. The molecule has 1 saturated heterocycles. The van der Waals surface area contributed by atoms with E-state index < -0.39 is 10.8 Å². The molecule has 1 fully saturated rings. The molecule has 25 heavy (non-hydrogen) atoms. The minimum absolute atomic E-state index is 0.325. The van der Waals surface area contributed by atoms with E-state index in [0.717, 1.165) is 30.2 Å². The Bertz CT molecular complexity index is 736. The number of hydrogen-bond donors (Lipinski definition) is 0. The first-order valence-corrected chi connectivity index (χ1v) is 9.68. The predicted octanol–water partition coefficient (Wildman–Crippen LogP) is 2.42. The lowest BCUT2D eigenvalue weighted by atomic mass is 10.2. The zero-order chi connectivity index (χ0) is 17.6. The normalized spacial score (nSPS) is 16.0. The maximum absolute atomic E-state index is 12.8. The van der Waals surface area contributed by atoms with Gasteiger partial charge in [-0.1, -0.05) is 23.7 Å². The lowest BCUT2D eigenvalue weighted by Crippen LogP contribution is -2.37. The van der Waals surface area contributed by atoms with Crippen molar-refractivity contribution in [1.82, 2.24) is 9.97 Å². The summed E-state index contributed by atoms with van der Waals surface area (Å²) in [7, 11) is 0.264. The van der Waals surface area contributed by atoms with E-state index in [0.29, 0.717) is 35.8 Å². The number of rotatable bonds is 6. The summed E-state index contributed by atoms with van der Waals surface area (Å²) in [6.07, 6.45) is 0. The first kappa shape index (κ1) is 18.3. The summed E-state index contributed by atoms with van der Waals surface area (Å²) in [5.74, 6) is 1.11. The van der Waals surface area contributed by atoms with Gasteiger partial charge in [-0.15, -0.1) is 0 Å². The second-order valence-corrected chi connectivity index (χ2v) is 7.43. The molecule has 2 heterocycles. The van der Waals surface area contributed by atoms with Crippen LogP contribution >= 0.6 is 11.6 Å². The minimum Gasteiger partial charge on any atom is -0.378 e. The van der Waals surface area contributed by atoms with Gasteiger partial charge in [0.2, 0.25) is 5.16 Å². The van der Waals surface area contributed by atoms with Crippen molar-refractivity contribution in [2.45, 2.75) is 17.5 Å². The van der Waals surface area contributed by atoms with E-state index >= 15 is 0 Å². The van der Waals surface area contributed by atoms with Gasteiger partial charge in [-0.05, 0) is 17.7 Å². The number of ether oxygens (including phenoxy) is 2. The fraction of sp³-hybridized carbons (Fsp3) is 0.412. The highest BCUT2D eigenvalue weighted by molar-refractivity contribution is 7.84. The second kappa shape index (κ2) is 8.71. The molecular formula is C17H20ClN3O3S. The third-order valence-electron chi connectivity index (χ3n) is 3.79. The molecular weight excluding hydrogens is 362 g/mol. The smallest absolute Gasteiger partial charge is 0.221 e. The Morgan fingerprint density at radius 3 is 2.64 bits per heavy atom. The highest BCUT2D eigenvalue weighted by Crippen LogP contribution is 2.19. The fourth-order valence-corrected chi connectivity index (χ4v) is 3.70. The standard InChI is InChI=1S/C17H20ClN3O3S/c1-23-11-15-10-16(21-6-8-24-9-7-21)20-17(19-15)25(22)12-13-2-4-14(18)5-3-13/h2-5,10H,6-9,11-12H2,1H3/t25-/m0/s1. The van der Waals surface area contributed by atoms with Gasteiger partial charge in [-0.25, -0.2) is 9.97 Å². The van der Waals surface area contributed by atoms with Gasteiger partial charge >= 0.3 is 0 Å². The number of halogens is 1. The van der Waals surface area contributed by atoms with E-state index in [4.69, 9.17) is 21.1 Å². The fourth-order valence-electron chi connectivity index (χ4n) is 2.53. The molecule has 8 heteroatoms. The molecule has 3 rings (SSSR count). The average Bonchev–Trinajstić information content (AvgIpc) is 2.64. The van der Waals surface area contributed by atoms with Crippen molar-refractivity contribution >= 4 is 28.2 Å². The van der Waals surface area contributed by atoms with Crippen LogP contribution in [0.3, 0.4) is 0 Å². The third kappa shape index (κ3) is 4.98. The zero-order valence-corrected chi connectivity index (χ0v) is 15.6. The average molecular weight is 382 g/mol. The molecule has 0 aliphatic carbocycles. The Kier molecular flexibility index (Phi) is 6.36. The molecule has 6 nitrogen and oxygen atoms in total. The van der Waals surface area contributed by atoms with Crippen LogP contribution in [0.1, 0.15) is 11.3 Å². The van der Waals surface area contributed by atoms with Crippen molar-refractivity contribution in [1.29, 1.82) is 0 Å². The van der Waals surface area contributed by atoms with Gasteiger partial charge in [-0.2, -0.15) is 0 Å². The first-order valence-electron chi connectivity index (χ1n) is 7.98. The van der Waals surface area contributed by atoms with E-state index in [1.54, 1.807) is 19.2 Å². The largest absolute Gasteiger partial charge is 0.378 e. The number of methoxy groups -OCH3 is 1. The van der Waals surface area contributed by atoms with E-state index in [1.165, 1.54) is 0 Å². The van der Waals surface area contributed by atoms with Gasteiger partial charge < -0.3 is 14.4 Å². The number of morpholine rings is 1. The molecule has 2 aromatic rings. The monoisotopic (exact) mass is 381 g/mol. The number of anilines is 1. The Balaban J connectivity index is 1.84. The van der Waals surface area contributed by atoms with Gasteiger partial charge in [-0.3, -0.25) is 4.21 Å². The highest BCUT2D eigenvalue weighted by Gasteiger charge is 2.17. The Labute approximate surface area is 154 Å². The second-order valence-electron chi connectivity index (χ2n) is 5.65. The number of nitrogens with zero attached hydrogens (tertiary/aromatic N) is 3. The first-order chi connectivity index (χ1) is 12.2. The molecule has 1 aromatic heterocycles. The van der Waals surface area contributed by atoms with Gasteiger partial charge in [0.05, 0.1) is 42.1 Å². The highest BCUT2D eigenvalue weighted by atomic mass is 35.5. The van der Waals surface area contributed by atoms with Crippen LogP contribution in [0.2, 0.25) is 5.02 Å². The third-order valence-corrected chi connectivity index (χ3v) is 5.22. The SMILES string of the molecule is COCc1cc(N2CCOCC2)nc([S@@](=O)Cc2ccc(Cl)cc2)n1. The topological polar surface area (TPSA) is 64.6 Å². The van der Waals surface area contributed by atoms with Crippen molar-refractivity contribution < 1.29 is 13.7 Å². The number of benzene rings is 1. The van der Waals surface area contributed by atoms with E-state index in [9.17, 15) is 4.21 Å². The van der Waals surface area contributed by atoms with Crippen molar-refractivity contribution in [2.24, 2.45) is 0 Å². The van der Waals surface area contributed by atoms with Crippen molar-refractivity contribution in [3.8, 4) is 0 Å². The molecule has 1 aliphatic rings. The van der Waals surface area contributed by atoms with Crippen LogP contribution in [-0.4, -0.2) is 47.6 Å². The zero-order valence-electron chi connectivity index (χ0n) is 14.0. The molecule has 0 amide bonds. The summed E-state index contributed by atoms with van der Waals surface area (Å²) in [5.41, 5.74) is 1.65. The van der Waals surface area contributed by atoms with E-state index in [-0.39, 0.29) is 0 Å². The van der Waals surface area contributed by atoms with Crippen LogP contribution in [-0.2, 0) is 32.6 Å². The summed E-state index contributed by atoms with van der Waals surface area (Å²) in [4.78, 5) is 11.1. The lowest BCUT2D eigenvalue weighted by Gasteiger charge is -2.28. The molecule has 0 spiro atoms. The van der Waals surface area contributed by atoms with Crippen LogP contribution in [0.4, 0.5) is 5.82 Å². The molecule has 0 saturated carbocycles. The molecule has 134 valence electrons. The van der Waals surface area contributed by atoms with Gasteiger partial charge in [0.1, 0.15) is 5.82 Å². The minimum atomic E-state index is -1.35. The van der Waals surface area contributed by atoms with Gasteiger partial charge in [0.15, 0.2) is 0 Å².